The summed E-state index contributed by atoms with van der Waals surface area (Å²) in [6.07, 6.45) is 1.44. The summed E-state index contributed by atoms with van der Waals surface area (Å²) >= 11 is 8.26. The molecule has 1 aliphatic heterocycles. The molecule has 0 bridgehead atoms. The number of nitrogens with zero attached hydrogens (tertiary/aromatic N) is 2. The number of thiazole rings is 1. The molecule has 0 unspecified atom stereocenters. The third-order valence-electron chi connectivity index (χ3n) is 5.05. The molecule has 6 nitrogen and oxygen atoms in total. The summed E-state index contributed by atoms with van der Waals surface area (Å²) in [5.41, 5.74) is 3.47. The van der Waals surface area contributed by atoms with Gasteiger partial charge < -0.3 is 4.42 Å². The number of nitrogens with one attached hydrogen (secondary N) is 1. The molecule has 1 fully saturated rings. The minimum Gasteiger partial charge on any atom is -0.450 e. The van der Waals surface area contributed by atoms with Gasteiger partial charge >= 0.3 is 0 Å². The number of hydrogen-bond donors (Lipinski definition) is 1. The van der Waals surface area contributed by atoms with Crippen LogP contribution in [0.3, 0.4) is 0 Å². The van der Waals surface area contributed by atoms with Crippen molar-refractivity contribution in [3.8, 4) is 0 Å². The number of carbonyl (C=O) groups is 2. The average Bonchev–Trinajstić information content (AvgIpc) is 3.38. The standard InChI is InChI=1S/C24H17N3O3S3/c1-13-7-9-18(14(2)11-13)27-22(29)16(21(28)26-23(27)31)12-15-8-10-20(30-15)33-24-25-17-5-3-4-6-19(17)32-24/h3-12H,1-2H3,(H,26,28,31)/b16-12+. The molecule has 0 saturated carbocycles. The van der Waals surface area contributed by atoms with Crippen LogP contribution >= 0.6 is 35.3 Å². The molecule has 0 spiro atoms. The fourth-order valence-electron chi connectivity index (χ4n) is 3.52. The molecule has 33 heavy (non-hydrogen) atoms. The van der Waals surface area contributed by atoms with Gasteiger partial charge in [0.05, 0.1) is 15.9 Å². The zero-order chi connectivity index (χ0) is 23.1. The van der Waals surface area contributed by atoms with Crippen molar-refractivity contribution in [2.45, 2.75) is 23.3 Å². The van der Waals surface area contributed by atoms with Gasteiger partial charge in [0.25, 0.3) is 11.8 Å². The van der Waals surface area contributed by atoms with Crippen LogP contribution in [-0.2, 0) is 9.59 Å². The van der Waals surface area contributed by atoms with Gasteiger partial charge in [-0.25, -0.2) is 4.98 Å². The van der Waals surface area contributed by atoms with Gasteiger partial charge in [-0.3, -0.25) is 19.8 Å². The Bertz CT molecular complexity index is 1430. The Hall–Kier alpha value is -3.27. The summed E-state index contributed by atoms with van der Waals surface area (Å²) in [4.78, 5) is 31.7. The predicted molar refractivity (Wildman–Crippen MR) is 135 cm³/mol. The highest BCUT2D eigenvalue weighted by Crippen LogP contribution is 2.35. The van der Waals surface area contributed by atoms with E-state index in [1.807, 2.05) is 56.3 Å². The van der Waals surface area contributed by atoms with Gasteiger partial charge in [0.15, 0.2) is 14.5 Å². The van der Waals surface area contributed by atoms with Gasteiger partial charge in [0, 0.05) is 0 Å². The third kappa shape index (κ3) is 4.22. The normalized spacial score (nSPS) is 15.5. The van der Waals surface area contributed by atoms with Gasteiger partial charge in [-0.1, -0.05) is 29.8 Å². The maximum Gasteiger partial charge on any atom is 0.270 e. The van der Waals surface area contributed by atoms with E-state index in [4.69, 9.17) is 16.6 Å². The van der Waals surface area contributed by atoms with Crippen molar-refractivity contribution >= 4 is 74.2 Å². The van der Waals surface area contributed by atoms with Crippen LogP contribution in [0.2, 0.25) is 0 Å². The van der Waals surface area contributed by atoms with E-state index in [0.717, 1.165) is 25.7 Å². The zero-order valence-corrected chi connectivity index (χ0v) is 20.1. The number of furan rings is 1. The largest absolute Gasteiger partial charge is 0.450 e. The summed E-state index contributed by atoms with van der Waals surface area (Å²) in [7, 11) is 0. The molecule has 5 rings (SSSR count). The summed E-state index contributed by atoms with van der Waals surface area (Å²) in [5.74, 6) is -0.652. The first-order chi connectivity index (χ1) is 15.9. The number of hydrogen-bond acceptors (Lipinski definition) is 7. The van der Waals surface area contributed by atoms with Crippen LogP contribution in [0.5, 0.6) is 0 Å². The number of carbonyl (C=O) groups excluding carboxylic acids is 2. The molecule has 2 aromatic heterocycles. The number of aromatic nitrogens is 1. The van der Waals surface area contributed by atoms with Crippen molar-refractivity contribution in [2.75, 3.05) is 4.90 Å². The van der Waals surface area contributed by atoms with Crippen LogP contribution < -0.4 is 10.2 Å². The SMILES string of the molecule is Cc1ccc(N2C(=O)/C(=C/c3ccc(Sc4nc5ccccc5s4)o3)C(=O)NC2=S)c(C)c1. The Kier molecular flexibility index (Phi) is 5.61. The molecule has 0 radical (unpaired) electrons. The van der Waals surface area contributed by atoms with Crippen LogP contribution in [0.25, 0.3) is 16.3 Å². The highest BCUT2D eigenvalue weighted by molar-refractivity contribution is 8.01. The minimum absolute atomic E-state index is 0.0468. The first-order valence-electron chi connectivity index (χ1n) is 10.0. The maximum atomic E-state index is 13.2. The molecular formula is C24H17N3O3S3. The Morgan fingerprint density at radius 3 is 2.73 bits per heavy atom. The number of anilines is 1. The number of benzene rings is 2. The van der Waals surface area contributed by atoms with Gasteiger partial charge in [-0.2, -0.15) is 0 Å². The van der Waals surface area contributed by atoms with Gasteiger partial charge in [0.2, 0.25) is 0 Å². The number of amides is 2. The quantitative estimate of drug-likeness (QED) is 0.231. The summed E-state index contributed by atoms with van der Waals surface area (Å²) in [5, 5.41) is 3.28. The molecule has 0 aliphatic carbocycles. The van der Waals surface area contributed by atoms with Gasteiger partial charge in [-0.05, 0) is 79.8 Å². The minimum atomic E-state index is -0.553. The van der Waals surface area contributed by atoms with Crippen LogP contribution in [0.15, 0.2) is 74.0 Å². The van der Waals surface area contributed by atoms with Crippen molar-refractivity contribution in [2.24, 2.45) is 0 Å². The number of thiocarbonyl (C=S) groups is 1. The lowest BCUT2D eigenvalue weighted by Gasteiger charge is -2.30. The second-order valence-electron chi connectivity index (χ2n) is 7.45. The second-order valence-corrected chi connectivity index (χ2v) is 10.1. The first kappa shape index (κ1) is 21.6. The molecule has 1 aliphatic rings. The molecule has 3 heterocycles. The Morgan fingerprint density at radius 1 is 1.12 bits per heavy atom. The summed E-state index contributed by atoms with van der Waals surface area (Å²) in [6.45, 7) is 3.87. The lowest BCUT2D eigenvalue weighted by molar-refractivity contribution is -0.122. The predicted octanol–water partition coefficient (Wildman–Crippen LogP) is 5.49. The van der Waals surface area contributed by atoms with Crippen molar-refractivity contribution in [3.05, 3.63) is 77.1 Å². The van der Waals surface area contributed by atoms with E-state index in [1.165, 1.54) is 22.7 Å². The van der Waals surface area contributed by atoms with E-state index in [-0.39, 0.29) is 10.7 Å². The van der Waals surface area contributed by atoms with Gasteiger partial charge in [-0.15, -0.1) is 11.3 Å². The maximum absolute atomic E-state index is 13.2. The van der Waals surface area contributed by atoms with E-state index in [9.17, 15) is 9.59 Å². The molecule has 9 heteroatoms. The molecule has 1 N–H and O–H groups in total. The number of fused-ring (bicyclic) bond motifs is 1. The van der Waals surface area contributed by atoms with E-state index < -0.39 is 11.8 Å². The molecule has 2 amide bonds. The number of para-hydroxylation sites is 1. The fraction of sp³-hybridized carbons (Fsp3) is 0.0833. The molecule has 0 atom stereocenters. The van der Waals surface area contributed by atoms with E-state index in [1.54, 1.807) is 23.5 Å². The van der Waals surface area contributed by atoms with Crippen LogP contribution in [0, 0.1) is 13.8 Å². The monoisotopic (exact) mass is 491 g/mol. The van der Waals surface area contributed by atoms with E-state index >= 15 is 0 Å². The average molecular weight is 492 g/mol. The van der Waals surface area contributed by atoms with Crippen molar-refractivity contribution in [1.82, 2.24) is 10.3 Å². The van der Waals surface area contributed by atoms with Crippen LogP contribution in [-0.4, -0.2) is 21.9 Å². The summed E-state index contributed by atoms with van der Waals surface area (Å²) < 4.78 is 7.81. The molecular weight excluding hydrogens is 474 g/mol. The fourth-order valence-corrected chi connectivity index (χ4v) is 5.77. The van der Waals surface area contributed by atoms with Crippen molar-refractivity contribution < 1.29 is 14.0 Å². The molecule has 2 aromatic carbocycles. The molecule has 1 saturated heterocycles. The lowest BCUT2D eigenvalue weighted by Crippen LogP contribution is -2.54. The van der Waals surface area contributed by atoms with Crippen LogP contribution in [0.4, 0.5) is 5.69 Å². The van der Waals surface area contributed by atoms with E-state index in [0.29, 0.717) is 16.5 Å². The second kappa shape index (κ2) is 8.58. The molecule has 4 aromatic rings. The highest BCUT2D eigenvalue weighted by Gasteiger charge is 2.35. The Balaban J connectivity index is 1.42. The van der Waals surface area contributed by atoms with Crippen LogP contribution in [0.1, 0.15) is 16.9 Å². The Labute approximate surface area is 203 Å². The lowest BCUT2D eigenvalue weighted by atomic mass is 10.1. The van der Waals surface area contributed by atoms with E-state index in [2.05, 4.69) is 10.3 Å². The smallest absolute Gasteiger partial charge is 0.270 e. The third-order valence-corrected chi connectivity index (χ3v) is 7.35. The summed E-state index contributed by atoms with van der Waals surface area (Å²) in [6, 6.07) is 17.1. The zero-order valence-electron chi connectivity index (χ0n) is 17.6. The molecule has 164 valence electrons. The van der Waals surface area contributed by atoms with Gasteiger partial charge in [0.1, 0.15) is 11.3 Å². The first-order valence-corrected chi connectivity index (χ1v) is 12.0. The van der Waals surface area contributed by atoms with Crippen molar-refractivity contribution in [1.29, 1.82) is 0 Å². The van der Waals surface area contributed by atoms with Crippen molar-refractivity contribution in [3.63, 3.8) is 0 Å². The number of aryl methyl sites for hydroxylation is 2. The highest BCUT2D eigenvalue weighted by atomic mass is 32.2. The number of rotatable bonds is 4. The topological polar surface area (TPSA) is 75.4 Å². The Morgan fingerprint density at radius 2 is 1.94 bits per heavy atom.